The van der Waals surface area contributed by atoms with Gasteiger partial charge in [-0.3, -0.25) is 14.7 Å². The maximum atomic E-state index is 11.4. The summed E-state index contributed by atoms with van der Waals surface area (Å²) >= 11 is 0. The molecule has 144 valence electrons. The molecular weight excluding hydrogens is 441 g/mol. The highest BCUT2D eigenvalue weighted by atomic mass is 127. The zero-order chi connectivity index (χ0) is 17.6. The van der Waals surface area contributed by atoms with Crippen molar-refractivity contribution >= 4 is 35.8 Å². The second-order valence-electron chi connectivity index (χ2n) is 7.14. The van der Waals surface area contributed by atoms with E-state index in [9.17, 15) is 4.79 Å². The van der Waals surface area contributed by atoms with Gasteiger partial charge in [-0.15, -0.1) is 24.0 Å². The smallest absolute Gasteiger partial charge is 0.221 e. The van der Waals surface area contributed by atoms with E-state index in [2.05, 4.69) is 44.8 Å². The molecule has 1 amide bonds. The van der Waals surface area contributed by atoms with Crippen LogP contribution in [0.15, 0.2) is 29.3 Å². The van der Waals surface area contributed by atoms with E-state index in [1.165, 1.54) is 24.0 Å². The number of nitrogens with two attached hydrogens (primary N) is 1. The Hall–Kier alpha value is -1.35. The van der Waals surface area contributed by atoms with Crippen LogP contribution in [-0.2, 0) is 17.9 Å². The average molecular weight is 471 g/mol. The summed E-state index contributed by atoms with van der Waals surface area (Å²) in [5.74, 6) is 0.695. The van der Waals surface area contributed by atoms with Crippen molar-refractivity contribution in [3.8, 4) is 0 Å². The molecule has 0 spiro atoms. The first kappa shape index (κ1) is 21.0. The zero-order valence-corrected chi connectivity index (χ0v) is 17.7. The molecule has 1 aromatic carbocycles. The SMILES string of the molecule is CN=C(NCc1cccc(CN2CCCC(C(N)=O)C2)c1)NC1CC1.I. The van der Waals surface area contributed by atoms with Crippen LogP contribution in [0.1, 0.15) is 36.8 Å². The number of piperidine rings is 1. The highest BCUT2D eigenvalue weighted by Crippen LogP contribution is 2.19. The number of likely N-dealkylation sites (tertiary alicyclic amines) is 1. The van der Waals surface area contributed by atoms with Gasteiger partial charge in [0, 0.05) is 32.7 Å². The quantitative estimate of drug-likeness (QED) is 0.336. The molecule has 26 heavy (non-hydrogen) atoms. The monoisotopic (exact) mass is 471 g/mol. The van der Waals surface area contributed by atoms with E-state index in [0.29, 0.717) is 6.04 Å². The fraction of sp³-hybridized carbons (Fsp3) is 0.579. The molecule has 2 aliphatic rings. The van der Waals surface area contributed by atoms with E-state index >= 15 is 0 Å². The van der Waals surface area contributed by atoms with Crippen LogP contribution in [0.4, 0.5) is 0 Å². The normalized spacial score (nSPS) is 21.0. The lowest BCUT2D eigenvalue weighted by molar-refractivity contribution is -0.123. The third-order valence-electron chi connectivity index (χ3n) is 4.91. The fourth-order valence-electron chi connectivity index (χ4n) is 3.33. The minimum Gasteiger partial charge on any atom is -0.369 e. The first-order chi connectivity index (χ1) is 12.1. The van der Waals surface area contributed by atoms with Gasteiger partial charge in [-0.2, -0.15) is 0 Å². The van der Waals surface area contributed by atoms with Gasteiger partial charge >= 0.3 is 0 Å². The van der Waals surface area contributed by atoms with Gasteiger partial charge in [0.15, 0.2) is 5.96 Å². The number of aliphatic imine (C=N–C) groups is 1. The number of rotatable bonds is 6. The van der Waals surface area contributed by atoms with Crippen LogP contribution in [0.2, 0.25) is 0 Å². The van der Waals surface area contributed by atoms with Crippen molar-refractivity contribution in [3.63, 3.8) is 0 Å². The predicted octanol–water partition coefficient (Wildman–Crippen LogP) is 1.83. The Labute approximate surface area is 173 Å². The lowest BCUT2D eigenvalue weighted by Crippen LogP contribution is -2.40. The molecule has 0 aromatic heterocycles. The van der Waals surface area contributed by atoms with Crippen LogP contribution in [0.25, 0.3) is 0 Å². The van der Waals surface area contributed by atoms with Crippen LogP contribution in [0.5, 0.6) is 0 Å². The summed E-state index contributed by atoms with van der Waals surface area (Å²) in [6, 6.07) is 9.19. The maximum Gasteiger partial charge on any atom is 0.221 e. The Morgan fingerprint density at radius 2 is 2.08 bits per heavy atom. The summed E-state index contributed by atoms with van der Waals surface area (Å²) in [6.07, 6.45) is 4.43. The van der Waals surface area contributed by atoms with Crippen LogP contribution >= 0.6 is 24.0 Å². The molecular formula is C19H30IN5O. The molecule has 1 aromatic rings. The Kier molecular flexibility index (Phi) is 8.15. The maximum absolute atomic E-state index is 11.4. The van der Waals surface area contributed by atoms with E-state index in [0.717, 1.165) is 45.0 Å². The van der Waals surface area contributed by atoms with Crippen LogP contribution in [0.3, 0.4) is 0 Å². The molecule has 1 saturated heterocycles. The third kappa shape index (κ3) is 6.42. The van der Waals surface area contributed by atoms with Gasteiger partial charge in [0.2, 0.25) is 5.91 Å². The summed E-state index contributed by atoms with van der Waals surface area (Å²) in [6.45, 7) is 3.43. The number of carbonyl (C=O) groups is 1. The number of carbonyl (C=O) groups excluding carboxylic acids is 1. The van der Waals surface area contributed by atoms with E-state index in [-0.39, 0.29) is 35.8 Å². The highest BCUT2D eigenvalue weighted by Gasteiger charge is 2.24. The summed E-state index contributed by atoms with van der Waals surface area (Å²) < 4.78 is 0. The van der Waals surface area contributed by atoms with Crippen LogP contribution in [-0.4, -0.2) is 42.9 Å². The van der Waals surface area contributed by atoms with Gasteiger partial charge in [-0.05, 0) is 43.4 Å². The van der Waals surface area contributed by atoms with Crippen molar-refractivity contribution in [2.75, 3.05) is 20.1 Å². The van der Waals surface area contributed by atoms with Gasteiger partial charge < -0.3 is 16.4 Å². The molecule has 4 N–H and O–H groups in total. The standard InChI is InChI=1S/C19H29N5O.HI/c1-21-19(23-17-7-8-17)22-11-14-4-2-5-15(10-14)12-24-9-3-6-16(13-24)18(20)25;/h2,4-5,10,16-17H,3,6-9,11-13H2,1H3,(H2,20,25)(H2,21,22,23);1H. The Morgan fingerprint density at radius 1 is 1.31 bits per heavy atom. The van der Waals surface area contributed by atoms with Crippen molar-refractivity contribution < 1.29 is 4.79 Å². The molecule has 1 aliphatic heterocycles. The molecule has 1 unspecified atom stereocenters. The number of hydrogen-bond acceptors (Lipinski definition) is 3. The second-order valence-corrected chi connectivity index (χ2v) is 7.14. The van der Waals surface area contributed by atoms with Gasteiger partial charge in [0.1, 0.15) is 0 Å². The second kappa shape index (κ2) is 10.1. The zero-order valence-electron chi connectivity index (χ0n) is 15.4. The number of amides is 1. The van der Waals surface area contributed by atoms with Gasteiger partial charge in [0.05, 0.1) is 5.92 Å². The van der Waals surface area contributed by atoms with Crippen molar-refractivity contribution in [1.82, 2.24) is 15.5 Å². The predicted molar refractivity (Wildman–Crippen MR) is 115 cm³/mol. The lowest BCUT2D eigenvalue weighted by atomic mass is 9.97. The first-order valence-corrected chi connectivity index (χ1v) is 9.20. The number of nitrogens with one attached hydrogen (secondary N) is 2. The van der Waals surface area contributed by atoms with Crippen LogP contribution < -0.4 is 16.4 Å². The summed E-state index contributed by atoms with van der Waals surface area (Å²) in [7, 11) is 1.81. The van der Waals surface area contributed by atoms with E-state index in [1.807, 2.05) is 0 Å². The van der Waals surface area contributed by atoms with Gasteiger partial charge in [-0.1, -0.05) is 24.3 Å². The van der Waals surface area contributed by atoms with Crippen molar-refractivity contribution in [2.45, 2.75) is 44.8 Å². The van der Waals surface area contributed by atoms with E-state index in [4.69, 9.17) is 5.73 Å². The first-order valence-electron chi connectivity index (χ1n) is 9.20. The molecule has 7 heteroatoms. The topological polar surface area (TPSA) is 82.8 Å². The van der Waals surface area contributed by atoms with Crippen molar-refractivity contribution in [2.24, 2.45) is 16.6 Å². The lowest BCUT2D eigenvalue weighted by Gasteiger charge is -2.31. The molecule has 0 radical (unpaired) electrons. The van der Waals surface area contributed by atoms with Crippen molar-refractivity contribution in [1.29, 1.82) is 0 Å². The fourth-order valence-corrected chi connectivity index (χ4v) is 3.33. The van der Waals surface area contributed by atoms with Crippen molar-refractivity contribution in [3.05, 3.63) is 35.4 Å². The number of hydrogen-bond donors (Lipinski definition) is 3. The molecule has 3 rings (SSSR count). The van der Waals surface area contributed by atoms with E-state index < -0.39 is 0 Å². The minimum atomic E-state index is -0.169. The van der Waals surface area contributed by atoms with Gasteiger partial charge in [0.25, 0.3) is 0 Å². The van der Waals surface area contributed by atoms with E-state index in [1.54, 1.807) is 7.05 Å². The Morgan fingerprint density at radius 3 is 2.77 bits per heavy atom. The molecule has 6 nitrogen and oxygen atoms in total. The summed E-state index contributed by atoms with van der Waals surface area (Å²) in [4.78, 5) is 18.0. The average Bonchev–Trinajstić information content (AvgIpc) is 3.43. The molecule has 0 bridgehead atoms. The Balaban J connectivity index is 0.00000243. The largest absolute Gasteiger partial charge is 0.369 e. The summed E-state index contributed by atoms with van der Waals surface area (Å²) in [5, 5.41) is 6.77. The van der Waals surface area contributed by atoms with Gasteiger partial charge in [-0.25, -0.2) is 0 Å². The Bertz CT molecular complexity index is 632. The number of nitrogens with zero attached hydrogens (tertiary/aromatic N) is 2. The molecule has 1 heterocycles. The minimum absolute atomic E-state index is 0. The summed E-state index contributed by atoms with van der Waals surface area (Å²) in [5.41, 5.74) is 7.98. The molecule has 1 atom stereocenters. The highest BCUT2D eigenvalue weighted by molar-refractivity contribution is 14.0. The molecule has 2 fully saturated rings. The molecule has 1 saturated carbocycles. The number of benzene rings is 1. The number of halogens is 1. The number of guanidine groups is 1. The third-order valence-corrected chi connectivity index (χ3v) is 4.91. The van der Waals surface area contributed by atoms with Crippen LogP contribution in [0, 0.1) is 5.92 Å². The molecule has 1 aliphatic carbocycles. The number of primary amides is 1.